The summed E-state index contributed by atoms with van der Waals surface area (Å²) in [5, 5.41) is 11.0. The van der Waals surface area contributed by atoms with Crippen molar-refractivity contribution < 1.29 is 4.74 Å². The summed E-state index contributed by atoms with van der Waals surface area (Å²) in [7, 11) is 1.69. The van der Waals surface area contributed by atoms with E-state index in [4.69, 9.17) is 4.74 Å². The summed E-state index contributed by atoms with van der Waals surface area (Å²) in [5.41, 5.74) is 3.44. The number of ether oxygens (including phenoxy) is 1. The van der Waals surface area contributed by atoms with Crippen LogP contribution >= 0.6 is 0 Å². The highest BCUT2D eigenvalue weighted by Crippen LogP contribution is 2.23. The number of hydrogen-bond acceptors (Lipinski definition) is 4. The molecule has 3 rings (SSSR count). The molecule has 2 N–H and O–H groups in total. The highest BCUT2D eigenvalue weighted by atomic mass is 16.5. The van der Waals surface area contributed by atoms with Crippen LogP contribution in [0.1, 0.15) is 25.3 Å². The zero-order chi connectivity index (χ0) is 16.8. The van der Waals surface area contributed by atoms with Crippen LogP contribution in [0.4, 0.5) is 0 Å². The first-order valence-corrected chi connectivity index (χ1v) is 8.90. The zero-order valence-corrected chi connectivity index (χ0v) is 14.7. The van der Waals surface area contributed by atoms with Crippen molar-refractivity contribution >= 4 is 0 Å². The summed E-state index contributed by atoms with van der Waals surface area (Å²) in [6, 6.07) is 8.09. The smallest absolute Gasteiger partial charge is 0.118 e. The number of benzene rings is 1. The molecule has 24 heavy (non-hydrogen) atoms. The molecule has 0 aliphatic carbocycles. The van der Waals surface area contributed by atoms with Crippen LogP contribution in [-0.2, 0) is 6.54 Å². The Morgan fingerprint density at radius 2 is 2.17 bits per heavy atom. The molecule has 1 atom stereocenters. The van der Waals surface area contributed by atoms with Gasteiger partial charge in [-0.15, -0.1) is 0 Å². The molecule has 0 bridgehead atoms. The van der Waals surface area contributed by atoms with Crippen LogP contribution in [0.15, 0.2) is 30.5 Å². The molecule has 5 nitrogen and oxygen atoms in total. The zero-order valence-electron chi connectivity index (χ0n) is 14.7. The summed E-state index contributed by atoms with van der Waals surface area (Å²) in [6.45, 7) is 7.90. The molecule has 1 fully saturated rings. The van der Waals surface area contributed by atoms with Gasteiger partial charge in [0.25, 0.3) is 0 Å². The number of nitrogens with zero attached hydrogens (tertiary/aromatic N) is 2. The number of hydrogen-bond donors (Lipinski definition) is 2. The van der Waals surface area contributed by atoms with Crippen LogP contribution in [0, 0.1) is 5.92 Å². The monoisotopic (exact) mass is 328 g/mol. The predicted molar refractivity (Wildman–Crippen MR) is 97.1 cm³/mol. The standard InChI is InChI=1S/C19H28N4O/c1-3-9-23-10-8-15(14-23)11-20-12-17-13-21-22-19(17)16-4-6-18(24-2)7-5-16/h4-7,13,15,20H,3,8-12,14H2,1-2H3,(H,21,22)/t15-/m0/s1. The van der Waals surface area contributed by atoms with E-state index in [2.05, 4.69) is 39.5 Å². The van der Waals surface area contributed by atoms with Crippen LogP contribution < -0.4 is 10.1 Å². The van der Waals surface area contributed by atoms with Crippen LogP contribution in [0.3, 0.4) is 0 Å². The van der Waals surface area contributed by atoms with E-state index in [0.29, 0.717) is 0 Å². The number of aromatic amines is 1. The van der Waals surface area contributed by atoms with Gasteiger partial charge in [0, 0.05) is 24.2 Å². The van der Waals surface area contributed by atoms with Gasteiger partial charge in [0.15, 0.2) is 0 Å². The highest BCUT2D eigenvalue weighted by Gasteiger charge is 2.21. The Bertz CT molecular complexity index is 623. The predicted octanol–water partition coefficient (Wildman–Crippen LogP) is 2.91. The quantitative estimate of drug-likeness (QED) is 0.782. The Labute approximate surface area is 144 Å². The lowest BCUT2D eigenvalue weighted by atomic mass is 10.1. The highest BCUT2D eigenvalue weighted by molar-refractivity contribution is 5.63. The van der Waals surface area contributed by atoms with E-state index in [-0.39, 0.29) is 0 Å². The minimum Gasteiger partial charge on any atom is -0.497 e. The average molecular weight is 328 g/mol. The van der Waals surface area contributed by atoms with Crippen LogP contribution in [-0.4, -0.2) is 48.4 Å². The lowest BCUT2D eigenvalue weighted by Gasteiger charge is -2.15. The van der Waals surface area contributed by atoms with Crippen LogP contribution in [0.2, 0.25) is 0 Å². The minimum atomic E-state index is 0.771. The molecule has 0 unspecified atom stereocenters. The molecule has 1 aliphatic rings. The molecular formula is C19H28N4O. The summed E-state index contributed by atoms with van der Waals surface area (Å²) in [4.78, 5) is 2.58. The van der Waals surface area contributed by atoms with E-state index in [0.717, 1.165) is 36.0 Å². The van der Waals surface area contributed by atoms with Crippen molar-refractivity contribution in [3.8, 4) is 17.0 Å². The van der Waals surface area contributed by atoms with Gasteiger partial charge in [-0.05, 0) is 62.7 Å². The molecule has 0 radical (unpaired) electrons. The van der Waals surface area contributed by atoms with E-state index < -0.39 is 0 Å². The van der Waals surface area contributed by atoms with Crippen molar-refractivity contribution in [1.82, 2.24) is 20.4 Å². The molecule has 5 heteroatoms. The maximum Gasteiger partial charge on any atom is 0.118 e. The Morgan fingerprint density at radius 3 is 2.92 bits per heavy atom. The lowest BCUT2D eigenvalue weighted by Crippen LogP contribution is -2.26. The van der Waals surface area contributed by atoms with Gasteiger partial charge in [-0.3, -0.25) is 5.10 Å². The first-order chi connectivity index (χ1) is 11.8. The van der Waals surface area contributed by atoms with Gasteiger partial charge >= 0.3 is 0 Å². The first-order valence-electron chi connectivity index (χ1n) is 8.90. The third-order valence-electron chi connectivity index (χ3n) is 4.75. The summed E-state index contributed by atoms with van der Waals surface area (Å²) >= 11 is 0. The lowest BCUT2D eigenvalue weighted by molar-refractivity contribution is 0.322. The Balaban J connectivity index is 1.52. The van der Waals surface area contributed by atoms with E-state index in [1.54, 1.807) is 7.11 Å². The molecule has 1 aromatic heterocycles. The largest absolute Gasteiger partial charge is 0.497 e. The van der Waals surface area contributed by atoms with Gasteiger partial charge in [-0.25, -0.2) is 0 Å². The Kier molecular flexibility index (Phi) is 5.88. The second-order valence-electron chi connectivity index (χ2n) is 6.58. The molecule has 0 spiro atoms. The van der Waals surface area contributed by atoms with E-state index in [1.807, 2.05) is 18.3 Å². The van der Waals surface area contributed by atoms with Crippen molar-refractivity contribution in [3.63, 3.8) is 0 Å². The Morgan fingerprint density at radius 1 is 1.33 bits per heavy atom. The molecule has 2 heterocycles. The average Bonchev–Trinajstić information content (AvgIpc) is 3.25. The van der Waals surface area contributed by atoms with Crippen molar-refractivity contribution in [3.05, 3.63) is 36.0 Å². The van der Waals surface area contributed by atoms with Crippen molar-refractivity contribution in [1.29, 1.82) is 0 Å². The van der Waals surface area contributed by atoms with Gasteiger partial charge in [0.05, 0.1) is 19.0 Å². The third-order valence-corrected chi connectivity index (χ3v) is 4.75. The molecule has 1 aliphatic heterocycles. The van der Waals surface area contributed by atoms with Gasteiger partial charge in [-0.1, -0.05) is 6.92 Å². The molecule has 1 aromatic carbocycles. The van der Waals surface area contributed by atoms with E-state index in [1.165, 1.54) is 38.0 Å². The van der Waals surface area contributed by atoms with Crippen LogP contribution in [0.25, 0.3) is 11.3 Å². The second-order valence-corrected chi connectivity index (χ2v) is 6.58. The normalized spacial score (nSPS) is 18.2. The molecule has 130 valence electrons. The SMILES string of the molecule is CCCN1CC[C@@H](CNCc2cn[nH]c2-c2ccc(OC)cc2)C1. The second kappa shape index (κ2) is 8.31. The number of aromatic nitrogens is 2. The van der Waals surface area contributed by atoms with Crippen LogP contribution in [0.5, 0.6) is 5.75 Å². The summed E-state index contributed by atoms with van der Waals surface area (Å²) < 4.78 is 5.22. The molecule has 2 aromatic rings. The molecule has 0 saturated carbocycles. The number of likely N-dealkylation sites (tertiary alicyclic amines) is 1. The first kappa shape index (κ1) is 17.0. The minimum absolute atomic E-state index is 0.771. The fraction of sp³-hybridized carbons (Fsp3) is 0.526. The van der Waals surface area contributed by atoms with E-state index in [9.17, 15) is 0 Å². The number of rotatable bonds is 8. The molecular weight excluding hydrogens is 300 g/mol. The van der Waals surface area contributed by atoms with Crippen molar-refractivity contribution in [2.45, 2.75) is 26.3 Å². The van der Waals surface area contributed by atoms with Gasteiger partial charge < -0.3 is 15.0 Å². The third kappa shape index (κ3) is 4.16. The van der Waals surface area contributed by atoms with Gasteiger partial charge in [-0.2, -0.15) is 5.10 Å². The maximum absolute atomic E-state index is 5.22. The number of methoxy groups -OCH3 is 1. The fourth-order valence-electron chi connectivity index (χ4n) is 3.46. The Hall–Kier alpha value is -1.85. The summed E-state index contributed by atoms with van der Waals surface area (Å²) in [5.74, 6) is 1.64. The van der Waals surface area contributed by atoms with Crippen molar-refractivity contribution in [2.75, 3.05) is 33.3 Å². The summed E-state index contributed by atoms with van der Waals surface area (Å²) in [6.07, 6.45) is 4.48. The van der Waals surface area contributed by atoms with Gasteiger partial charge in [0.2, 0.25) is 0 Å². The number of nitrogens with one attached hydrogen (secondary N) is 2. The maximum atomic E-state index is 5.22. The topological polar surface area (TPSA) is 53.2 Å². The molecule has 1 saturated heterocycles. The van der Waals surface area contributed by atoms with Gasteiger partial charge in [0.1, 0.15) is 5.75 Å². The van der Waals surface area contributed by atoms with Crippen molar-refractivity contribution in [2.24, 2.45) is 5.92 Å². The number of H-pyrrole nitrogens is 1. The fourth-order valence-corrected chi connectivity index (χ4v) is 3.46. The van der Waals surface area contributed by atoms with E-state index >= 15 is 0 Å². The molecule has 0 amide bonds.